The number of amides is 2. The maximum atomic E-state index is 13.2. The van der Waals surface area contributed by atoms with Crippen molar-refractivity contribution in [2.75, 3.05) is 26.2 Å². The first-order chi connectivity index (χ1) is 13.2. The molecule has 162 valence electrons. The van der Waals surface area contributed by atoms with E-state index in [-0.39, 0.29) is 48.2 Å². The Morgan fingerprint density at radius 2 is 1.79 bits per heavy atom. The van der Waals surface area contributed by atoms with Gasteiger partial charge in [0.25, 0.3) is 0 Å². The predicted octanol–water partition coefficient (Wildman–Crippen LogP) is 2.01. The average Bonchev–Trinajstić information content (AvgIpc) is 3.33. The number of hydrogen-bond donors (Lipinski definition) is 2. The summed E-state index contributed by atoms with van der Waals surface area (Å²) in [5, 5.41) is 3.32. The van der Waals surface area contributed by atoms with Gasteiger partial charge in [-0.1, -0.05) is 6.42 Å². The van der Waals surface area contributed by atoms with Gasteiger partial charge in [0.2, 0.25) is 11.8 Å². The van der Waals surface area contributed by atoms with E-state index in [2.05, 4.69) is 20.2 Å². The standard InChI is InChI=1S/C20H29N5O2.2ClH/c26-18(14-3-1-4-14)25-10-6-15-17(23-13-22-15)20(25)7-11-24(12-8-20)19(27)16-5-2-9-21-16;;/h13-14,16,21H,1-12H2,(H,22,23);2*1H/t16-;;/m1../s1. The zero-order valence-corrected chi connectivity index (χ0v) is 18.3. The SMILES string of the molecule is Cl.Cl.O=C([C@H]1CCCN1)N1CCC2(CC1)c1nc[nH]c1CCN2C(=O)C1CCC1. The van der Waals surface area contributed by atoms with Crippen molar-refractivity contribution in [2.24, 2.45) is 5.92 Å². The number of H-pyrrole nitrogens is 1. The second-order valence-corrected chi connectivity index (χ2v) is 8.60. The highest BCUT2D eigenvalue weighted by molar-refractivity contribution is 5.85. The largest absolute Gasteiger partial charge is 0.348 e. The molecule has 1 saturated carbocycles. The molecule has 0 bridgehead atoms. The molecular weight excluding hydrogens is 413 g/mol. The van der Waals surface area contributed by atoms with Crippen molar-refractivity contribution in [2.45, 2.75) is 62.9 Å². The lowest BCUT2D eigenvalue weighted by Crippen LogP contribution is -2.61. The fourth-order valence-electron chi connectivity index (χ4n) is 5.39. The Balaban J connectivity index is 0.00000120. The normalized spacial score (nSPS) is 25.6. The number of carbonyl (C=O) groups is 2. The summed E-state index contributed by atoms with van der Waals surface area (Å²) >= 11 is 0. The Morgan fingerprint density at radius 3 is 2.41 bits per heavy atom. The molecule has 2 N–H and O–H groups in total. The molecule has 0 unspecified atom stereocenters. The lowest BCUT2D eigenvalue weighted by Gasteiger charge is -2.52. The van der Waals surface area contributed by atoms with Gasteiger partial charge in [0, 0.05) is 37.7 Å². The zero-order valence-electron chi connectivity index (χ0n) is 16.7. The van der Waals surface area contributed by atoms with Gasteiger partial charge in [0.05, 0.1) is 23.6 Å². The number of nitrogens with zero attached hydrogens (tertiary/aromatic N) is 3. The number of rotatable bonds is 2. The summed E-state index contributed by atoms with van der Waals surface area (Å²) in [6.07, 6.45) is 9.44. The molecule has 1 atom stereocenters. The summed E-state index contributed by atoms with van der Waals surface area (Å²) in [7, 11) is 0. The second kappa shape index (κ2) is 8.82. The van der Waals surface area contributed by atoms with Gasteiger partial charge in [0.1, 0.15) is 0 Å². The third kappa shape index (κ3) is 3.66. The number of carbonyl (C=O) groups excluding carboxylic acids is 2. The number of hydrogen-bond acceptors (Lipinski definition) is 4. The average molecular weight is 444 g/mol. The Hall–Kier alpha value is -1.31. The van der Waals surface area contributed by atoms with Crippen LogP contribution in [0.4, 0.5) is 0 Å². The van der Waals surface area contributed by atoms with Crippen molar-refractivity contribution in [1.82, 2.24) is 25.1 Å². The molecule has 4 heterocycles. The van der Waals surface area contributed by atoms with Gasteiger partial charge in [-0.2, -0.15) is 0 Å². The first-order valence-corrected chi connectivity index (χ1v) is 10.6. The van der Waals surface area contributed by atoms with Gasteiger partial charge in [-0.05, 0) is 45.1 Å². The van der Waals surface area contributed by atoms with Crippen molar-refractivity contribution in [3.05, 3.63) is 17.7 Å². The molecule has 1 aliphatic carbocycles. The lowest BCUT2D eigenvalue weighted by molar-refractivity contribution is -0.151. The van der Waals surface area contributed by atoms with Gasteiger partial charge in [-0.3, -0.25) is 9.59 Å². The predicted molar refractivity (Wildman–Crippen MR) is 114 cm³/mol. The van der Waals surface area contributed by atoms with Crippen LogP contribution in [-0.4, -0.2) is 63.8 Å². The van der Waals surface area contributed by atoms with Crippen molar-refractivity contribution < 1.29 is 9.59 Å². The van der Waals surface area contributed by atoms with Crippen LogP contribution in [0.3, 0.4) is 0 Å². The topological polar surface area (TPSA) is 81.3 Å². The van der Waals surface area contributed by atoms with E-state index in [9.17, 15) is 9.59 Å². The van der Waals surface area contributed by atoms with Crippen LogP contribution in [0.5, 0.6) is 0 Å². The van der Waals surface area contributed by atoms with Crippen LogP contribution in [0.15, 0.2) is 6.33 Å². The second-order valence-electron chi connectivity index (χ2n) is 8.60. The molecular formula is C20H31Cl2N5O2. The van der Waals surface area contributed by atoms with E-state index in [4.69, 9.17) is 0 Å². The molecule has 4 aliphatic rings. The number of imidazole rings is 1. The highest BCUT2D eigenvalue weighted by Crippen LogP contribution is 2.44. The Kier molecular flexibility index (Phi) is 6.81. The van der Waals surface area contributed by atoms with Crippen molar-refractivity contribution in [3.63, 3.8) is 0 Å². The number of halogens is 2. The van der Waals surface area contributed by atoms with E-state index in [0.29, 0.717) is 19.0 Å². The summed E-state index contributed by atoms with van der Waals surface area (Å²) in [5.74, 6) is 0.745. The lowest BCUT2D eigenvalue weighted by atomic mass is 9.76. The monoisotopic (exact) mass is 443 g/mol. The van der Waals surface area contributed by atoms with Crippen molar-refractivity contribution in [1.29, 1.82) is 0 Å². The molecule has 5 rings (SSSR count). The molecule has 29 heavy (non-hydrogen) atoms. The van der Waals surface area contributed by atoms with E-state index in [0.717, 1.165) is 63.7 Å². The summed E-state index contributed by atoms with van der Waals surface area (Å²) in [6.45, 7) is 3.12. The maximum absolute atomic E-state index is 13.2. The van der Waals surface area contributed by atoms with E-state index in [1.54, 1.807) is 6.33 Å². The smallest absolute Gasteiger partial charge is 0.239 e. The van der Waals surface area contributed by atoms with Crippen LogP contribution in [0.2, 0.25) is 0 Å². The minimum Gasteiger partial charge on any atom is -0.348 e. The molecule has 1 aromatic rings. The Morgan fingerprint density at radius 1 is 1.03 bits per heavy atom. The van der Waals surface area contributed by atoms with Crippen LogP contribution in [0.1, 0.15) is 56.3 Å². The first kappa shape index (κ1) is 22.4. The van der Waals surface area contributed by atoms with Crippen LogP contribution < -0.4 is 5.32 Å². The molecule has 0 aromatic carbocycles. The van der Waals surface area contributed by atoms with Crippen LogP contribution in [0, 0.1) is 5.92 Å². The van der Waals surface area contributed by atoms with Gasteiger partial charge in [-0.15, -0.1) is 24.8 Å². The van der Waals surface area contributed by atoms with Crippen LogP contribution in [-0.2, 0) is 21.5 Å². The molecule has 2 saturated heterocycles. The fraction of sp³-hybridized carbons (Fsp3) is 0.750. The van der Waals surface area contributed by atoms with Crippen molar-refractivity contribution >= 4 is 36.6 Å². The number of aromatic amines is 1. The highest BCUT2D eigenvalue weighted by atomic mass is 35.5. The van der Waals surface area contributed by atoms with Gasteiger partial charge >= 0.3 is 0 Å². The summed E-state index contributed by atoms with van der Waals surface area (Å²) in [6, 6.07) is -0.0148. The van der Waals surface area contributed by atoms with Gasteiger partial charge in [0.15, 0.2) is 0 Å². The van der Waals surface area contributed by atoms with Gasteiger partial charge < -0.3 is 20.1 Å². The molecule has 3 fully saturated rings. The highest BCUT2D eigenvalue weighted by Gasteiger charge is 2.50. The fourth-order valence-corrected chi connectivity index (χ4v) is 5.39. The molecule has 3 aliphatic heterocycles. The summed E-state index contributed by atoms with van der Waals surface area (Å²) in [5.41, 5.74) is 1.89. The Labute approximate surface area is 184 Å². The van der Waals surface area contributed by atoms with Crippen LogP contribution >= 0.6 is 24.8 Å². The molecule has 2 amide bonds. The van der Waals surface area contributed by atoms with E-state index < -0.39 is 0 Å². The number of aromatic nitrogens is 2. The molecule has 1 aromatic heterocycles. The van der Waals surface area contributed by atoms with E-state index in [1.165, 1.54) is 12.1 Å². The molecule has 1 spiro atoms. The Bertz CT molecular complexity index is 737. The molecule has 7 nitrogen and oxygen atoms in total. The maximum Gasteiger partial charge on any atom is 0.239 e. The quantitative estimate of drug-likeness (QED) is 0.732. The van der Waals surface area contributed by atoms with E-state index in [1.807, 2.05) is 4.90 Å². The molecule has 9 heteroatoms. The molecule has 0 radical (unpaired) electrons. The number of nitrogens with one attached hydrogen (secondary N) is 2. The van der Waals surface area contributed by atoms with Crippen LogP contribution in [0.25, 0.3) is 0 Å². The number of fused-ring (bicyclic) bond motifs is 2. The van der Waals surface area contributed by atoms with Crippen molar-refractivity contribution in [3.8, 4) is 0 Å². The third-order valence-corrected chi connectivity index (χ3v) is 7.24. The number of piperidine rings is 1. The summed E-state index contributed by atoms with van der Waals surface area (Å²) in [4.78, 5) is 38.1. The first-order valence-electron chi connectivity index (χ1n) is 10.6. The minimum absolute atomic E-state index is 0. The zero-order chi connectivity index (χ0) is 18.4. The number of likely N-dealkylation sites (tertiary alicyclic amines) is 1. The van der Waals surface area contributed by atoms with Gasteiger partial charge in [-0.25, -0.2) is 4.98 Å². The summed E-state index contributed by atoms with van der Waals surface area (Å²) < 4.78 is 0. The third-order valence-electron chi connectivity index (χ3n) is 7.24. The van der Waals surface area contributed by atoms with E-state index >= 15 is 0 Å². The minimum atomic E-state index is -0.333.